The molecule has 1 unspecified atom stereocenters. The average Bonchev–Trinajstić information content (AvgIpc) is 2.79. The van der Waals surface area contributed by atoms with Crippen LogP contribution in [0.4, 0.5) is 0 Å². The molecule has 0 amide bonds. The van der Waals surface area contributed by atoms with Crippen molar-refractivity contribution < 1.29 is 0 Å². The molecule has 2 aliphatic rings. The molecule has 1 saturated carbocycles. The Morgan fingerprint density at radius 1 is 1.11 bits per heavy atom. The van der Waals surface area contributed by atoms with Crippen molar-refractivity contribution in [3.63, 3.8) is 0 Å². The van der Waals surface area contributed by atoms with Gasteiger partial charge in [0, 0.05) is 18.1 Å². The highest BCUT2D eigenvalue weighted by atomic mass is 15.2. The Balaban J connectivity index is 1.78. The molecule has 19 heavy (non-hydrogen) atoms. The molecule has 1 saturated heterocycles. The van der Waals surface area contributed by atoms with Crippen molar-refractivity contribution >= 4 is 0 Å². The van der Waals surface area contributed by atoms with Gasteiger partial charge in [-0.15, -0.1) is 0 Å². The first kappa shape index (κ1) is 15.3. The first-order valence-corrected chi connectivity index (χ1v) is 8.75. The van der Waals surface area contributed by atoms with Crippen LogP contribution in [0.5, 0.6) is 0 Å². The number of rotatable bonds is 6. The Labute approximate surface area is 120 Å². The molecular formula is C17H34N2. The van der Waals surface area contributed by atoms with Gasteiger partial charge >= 0.3 is 0 Å². The van der Waals surface area contributed by atoms with Gasteiger partial charge in [-0.2, -0.15) is 0 Å². The first-order chi connectivity index (χ1) is 9.26. The van der Waals surface area contributed by atoms with E-state index in [-0.39, 0.29) is 0 Å². The molecule has 0 aromatic carbocycles. The molecule has 1 aliphatic heterocycles. The highest BCUT2D eigenvalue weighted by molar-refractivity contribution is 4.98. The third-order valence-electron chi connectivity index (χ3n) is 5.30. The van der Waals surface area contributed by atoms with Gasteiger partial charge in [0.15, 0.2) is 0 Å². The first-order valence-electron chi connectivity index (χ1n) is 8.75. The Morgan fingerprint density at radius 3 is 2.58 bits per heavy atom. The van der Waals surface area contributed by atoms with Crippen LogP contribution in [-0.2, 0) is 0 Å². The molecule has 0 bridgehead atoms. The summed E-state index contributed by atoms with van der Waals surface area (Å²) in [6, 6.07) is 0.777. The van der Waals surface area contributed by atoms with Gasteiger partial charge in [-0.25, -0.2) is 0 Å². The van der Waals surface area contributed by atoms with E-state index in [2.05, 4.69) is 24.1 Å². The lowest BCUT2D eigenvalue weighted by Crippen LogP contribution is -2.50. The Bertz CT molecular complexity index is 246. The van der Waals surface area contributed by atoms with Crippen LogP contribution in [-0.4, -0.2) is 36.1 Å². The molecule has 1 aliphatic carbocycles. The van der Waals surface area contributed by atoms with E-state index in [0.717, 1.165) is 6.04 Å². The number of hydrogen-bond donors (Lipinski definition) is 1. The lowest BCUT2D eigenvalue weighted by molar-refractivity contribution is 0.165. The van der Waals surface area contributed by atoms with Crippen molar-refractivity contribution in [3.8, 4) is 0 Å². The molecule has 0 aromatic rings. The normalized spacial score (nSPS) is 27.8. The van der Waals surface area contributed by atoms with E-state index in [1.165, 1.54) is 83.8 Å². The number of unbranched alkanes of at least 4 members (excludes halogenated alkanes) is 4. The maximum atomic E-state index is 3.89. The zero-order valence-electron chi connectivity index (χ0n) is 13.2. The minimum atomic E-state index is 0.480. The van der Waals surface area contributed by atoms with Gasteiger partial charge in [-0.1, -0.05) is 45.4 Å². The average molecular weight is 266 g/mol. The maximum Gasteiger partial charge on any atom is 0.0308 e. The second kappa shape index (κ2) is 7.64. The Morgan fingerprint density at radius 2 is 1.84 bits per heavy atom. The lowest BCUT2D eigenvalue weighted by Gasteiger charge is -2.35. The van der Waals surface area contributed by atoms with Gasteiger partial charge < -0.3 is 5.32 Å². The summed E-state index contributed by atoms with van der Waals surface area (Å²) >= 11 is 0. The van der Waals surface area contributed by atoms with Crippen LogP contribution in [0.2, 0.25) is 0 Å². The molecule has 1 heterocycles. The fraction of sp³-hybridized carbons (Fsp3) is 1.00. The van der Waals surface area contributed by atoms with Crippen LogP contribution < -0.4 is 5.32 Å². The van der Waals surface area contributed by atoms with Gasteiger partial charge in [0.05, 0.1) is 0 Å². The number of nitrogens with one attached hydrogen (secondary N) is 1. The van der Waals surface area contributed by atoms with Gasteiger partial charge in [-0.05, 0) is 45.7 Å². The quantitative estimate of drug-likeness (QED) is 0.732. The maximum absolute atomic E-state index is 3.89. The van der Waals surface area contributed by atoms with Crippen LogP contribution in [0.1, 0.15) is 78.1 Å². The summed E-state index contributed by atoms with van der Waals surface area (Å²) in [5.74, 6) is 0. The molecule has 1 atom stereocenters. The van der Waals surface area contributed by atoms with E-state index < -0.39 is 0 Å². The van der Waals surface area contributed by atoms with Crippen LogP contribution in [0.15, 0.2) is 0 Å². The molecule has 2 fully saturated rings. The van der Waals surface area contributed by atoms with Crippen molar-refractivity contribution in [2.45, 2.75) is 89.6 Å². The third kappa shape index (κ3) is 4.46. The predicted molar refractivity (Wildman–Crippen MR) is 83.6 cm³/mol. The second-order valence-corrected chi connectivity index (χ2v) is 6.94. The van der Waals surface area contributed by atoms with Gasteiger partial charge in [0.25, 0.3) is 0 Å². The van der Waals surface area contributed by atoms with E-state index in [4.69, 9.17) is 0 Å². The summed E-state index contributed by atoms with van der Waals surface area (Å²) in [5.41, 5.74) is 0.480. The minimum absolute atomic E-state index is 0.480. The number of hydrogen-bond acceptors (Lipinski definition) is 2. The van der Waals surface area contributed by atoms with Crippen molar-refractivity contribution in [1.82, 2.24) is 10.2 Å². The fourth-order valence-corrected chi connectivity index (χ4v) is 3.93. The topological polar surface area (TPSA) is 15.3 Å². The molecule has 1 spiro atoms. The molecule has 0 aromatic heterocycles. The third-order valence-corrected chi connectivity index (χ3v) is 5.30. The van der Waals surface area contributed by atoms with Crippen molar-refractivity contribution in [2.24, 2.45) is 0 Å². The number of nitrogens with zero attached hydrogens (tertiary/aromatic N) is 1. The summed E-state index contributed by atoms with van der Waals surface area (Å²) < 4.78 is 0. The van der Waals surface area contributed by atoms with E-state index in [0.29, 0.717) is 5.54 Å². The zero-order valence-corrected chi connectivity index (χ0v) is 13.2. The zero-order chi connectivity index (χ0) is 13.6. The molecule has 1 N–H and O–H groups in total. The highest BCUT2D eigenvalue weighted by Crippen LogP contribution is 2.32. The fourth-order valence-electron chi connectivity index (χ4n) is 3.93. The van der Waals surface area contributed by atoms with Crippen molar-refractivity contribution in [1.29, 1.82) is 0 Å². The van der Waals surface area contributed by atoms with E-state index in [9.17, 15) is 0 Å². The largest absolute Gasteiger partial charge is 0.310 e. The van der Waals surface area contributed by atoms with Crippen LogP contribution in [0.3, 0.4) is 0 Å². The standard InChI is InChI=1S/C17H34N2/c1-3-4-5-6-9-14-19-15-17(11-7-8-12-17)18-13-10-16(19)2/h16,18H,3-15H2,1-2H3. The minimum Gasteiger partial charge on any atom is -0.310 e. The van der Waals surface area contributed by atoms with E-state index in [1.54, 1.807) is 0 Å². The summed E-state index contributed by atoms with van der Waals surface area (Å²) in [5, 5.41) is 3.89. The summed E-state index contributed by atoms with van der Waals surface area (Å²) in [6.07, 6.45) is 14.1. The Kier molecular flexibility index (Phi) is 6.15. The second-order valence-electron chi connectivity index (χ2n) is 6.94. The molecular weight excluding hydrogens is 232 g/mol. The smallest absolute Gasteiger partial charge is 0.0308 e. The van der Waals surface area contributed by atoms with Gasteiger partial charge in [0.2, 0.25) is 0 Å². The highest BCUT2D eigenvalue weighted by Gasteiger charge is 2.37. The van der Waals surface area contributed by atoms with Gasteiger partial charge in [-0.3, -0.25) is 4.90 Å². The molecule has 2 heteroatoms. The summed E-state index contributed by atoms with van der Waals surface area (Å²) in [7, 11) is 0. The van der Waals surface area contributed by atoms with Gasteiger partial charge in [0.1, 0.15) is 0 Å². The lowest BCUT2D eigenvalue weighted by atomic mass is 9.97. The van der Waals surface area contributed by atoms with Crippen molar-refractivity contribution in [3.05, 3.63) is 0 Å². The Hall–Kier alpha value is -0.0800. The molecule has 0 radical (unpaired) electrons. The summed E-state index contributed by atoms with van der Waals surface area (Å²) in [4.78, 5) is 2.79. The SMILES string of the molecule is CCCCCCCN1CC2(CCCC2)NCCC1C. The van der Waals surface area contributed by atoms with Crippen LogP contribution in [0.25, 0.3) is 0 Å². The molecule has 112 valence electrons. The predicted octanol–water partition coefficient (Wildman–Crippen LogP) is 3.95. The summed E-state index contributed by atoms with van der Waals surface area (Å²) in [6.45, 7) is 8.60. The van der Waals surface area contributed by atoms with Crippen LogP contribution in [0, 0.1) is 0 Å². The van der Waals surface area contributed by atoms with Crippen LogP contribution >= 0.6 is 0 Å². The molecule has 2 nitrogen and oxygen atoms in total. The van der Waals surface area contributed by atoms with E-state index >= 15 is 0 Å². The molecule has 2 rings (SSSR count). The van der Waals surface area contributed by atoms with E-state index in [1.807, 2.05) is 0 Å². The monoisotopic (exact) mass is 266 g/mol. The van der Waals surface area contributed by atoms with Crippen molar-refractivity contribution in [2.75, 3.05) is 19.6 Å².